The maximum Gasteiger partial charge on any atom is 0.271 e. The van der Waals surface area contributed by atoms with Gasteiger partial charge in [0.05, 0.1) is 38.1 Å². The Morgan fingerprint density at radius 3 is 2.00 bits per heavy atom. The molecular formula is C22H14ClN3O5. The van der Waals surface area contributed by atoms with Gasteiger partial charge in [-0.05, 0) is 18.2 Å². The lowest BCUT2D eigenvalue weighted by molar-refractivity contribution is -0.384. The molecule has 1 amide bonds. The molecule has 3 aromatic rings. The zero-order valence-corrected chi connectivity index (χ0v) is 16.8. The van der Waals surface area contributed by atoms with Crippen LogP contribution in [0.5, 0.6) is 0 Å². The summed E-state index contributed by atoms with van der Waals surface area (Å²) in [4.78, 5) is 48.5. The molecule has 4 rings (SSSR count). The number of benzene rings is 3. The van der Waals surface area contributed by atoms with Crippen LogP contribution >= 0.6 is 11.6 Å². The van der Waals surface area contributed by atoms with Crippen LogP contribution in [0.2, 0.25) is 5.02 Å². The van der Waals surface area contributed by atoms with Gasteiger partial charge in [0.1, 0.15) is 0 Å². The lowest BCUT2D eigenvalue weighted by Gasteiger charge is -2.23. The highest BCUT2D eigenvalue weighted by molar-refractivity contribution is 6.34. The van der Waals surface area contributed by atoms with Gasteiger partial charge in [-0.15, -0.1) is 0 Å². The third-order valence-electron chi connectivity index (χ3n) is 4.82. The normalized spacial score (nSPS) is 12.1. The van der Waals surface area contributed by atoms with E-state index in [0.29, 0.717) is 5.69 Å². The molecular weight excluding hydrogens is 422 g/mol. The van der Waals surface area contributed by atoms with Crippen LogP contribution in [0, 0.1) is 10.1 Å². The van der Waals surface area contributed by atoms with Crippen LogP contribution in [0.1, 0.15) is 38.8 Å². The van der Waals surface area contributed by atoms with Gasteiger partial charge >= 0.3 is 0 Å². The highest BCUT2D eigenvalue weighted by Crippen LogP contribution is 2.39. The minimum absolute atomic E-state index is 0.0712. The van der Waals surface area contributed by atoms with Crippen LogP contribution in [-0.4, -0.2) is 22.4 Å². The number of nitrogens with zero attached hydrogens (tertiary/aromatic N) is 1. The second kappa shape index (κ2) is 7.66. The molecule has 0 heterocycles. The van der Waals surface area contributed by atoms with Gasteiger partial charge in [-0.2, -0.15) is 0 Å². The maximum absolute atomic E-state index is 13.3. The van der Waals surface area contributed by atoms with Gasteiger partial charge in [-0.1, -0.05) is 35.9 Å². The van der Waals surface area contributed by atoms with Crippen molar-refractivity contribution in [3.05, 3.63) is 92.0 Å². The number of hydrogen-bond donors (Lipinski definition) is 2. The summed E-state index contributed by atoms with van der Waals surface area (Å²) in [5.74, 6) is -1.18. The lowest BCUT2D eigenvalue weighted by Crippen LogP contribution is -2.24. The monoisotopic (exact) mass is 435 g/mol. The van der Waals surface area contributed by atoms with Crippen molar-refractivity contribution >= 4 is 51.8 Å². The Hall–Kier alpha value is -4.04. The Labute approximate surface area is 181 Å². The summed E-state index contributed by atoms with van der Waals surface area (Å²) in [5.41, 5.74) is 1.30. The lowest BCUT2D eigenvalue weighted by atomic mass is 9.82. The number of fused-ring (bicyclic) bond motifs is 2. The first-order chi connectivity index (χ1) is 14.8. The first-order valence-corrected chi connectivity index (χ1v) is 9.49. The number of anilines is 3. The molecule has 2 N–H and O–H groups in total. The van der Waals surface area contributed by atoms with Gasteiger partial charge in [0.25, 0.3) is 5.69 Å². The van der Waals surface area contributed by atoms with E-state index in [9.17, 15) is 24.5 Å². The molecule has 9 heteroatoms. The first-order valence-electron chi connectivity index (χ1n) is 9.12. The van der Waals surface area contributed by atoms with Gasteiger partial charge in [-0.25, -0.2) is 0 Å². The summed E-state index contributed by atoms with van der Waals surface area (Å²) >= 11 is 6.18. The van der Waals surface area contributed by atoms with Crippen molar-refractivity contribution < 1.29 is 19.3 Å². The SMILES string of the molecule is CC(=O)Nc1ccc(Nc2ccc([N+](=O)[O-])cc2Cl)c2c1C(=O)c1ccccc1C2=O. The van der Waals surface area contributed by atoms with Crippen LogP contribution in [0.25, 0.3) is 0 Å². The number of amides is 1. The van der Waals surface area contributed by atoms with Crippen molar-refractivity contribution in [1.82, 2.24) is 0 Å². The quantitative estimate of drug-likeness (QED) is 0.353. The van der Waals surface area contributed by atoms with Crippen LogP contribution in [-0.2, 0) is 4.79 Å². The predicted octanol–water partition coefficient (Wildman–Crippen LogP) is 4.73. The number of hydrogen-bond acceptors (Lipinski definition) is 6. The van der Waals surface area contributed by atoms with Crippen molar-refractivity contribution in [2.75, 3.05) is 10.6 Å². The summed E-state index contributed by atoms with van der Waals surface area (Å²) in [6, 6.07) is 13.4. The topological polar surface area (TPSA) is 118 Å². The zero-order chi connectivity index (χ0) is 22.3. The number of halogens is 1. The molecule has 1 aliphatic carbocycles. The standard InChI is InChI=1S/C22H14ClN3O5/c1-11(27)24-17-8-9-18(25-16-7-6-12(26(30)31)10-15(16)23)20-19(17)21(28)13-4-2-3-5-14(13)22(20)29/h2-10,25H,1H3,(H,24,27). The number of nitro groups is 1. The molecule has 0 saturated carbocycles. The predicted molar refractivity (Wildman–Crippen MR) is 115 cm³/mol. The summed E-state index contributed by atoms with van der Waals surface area (Å²) in [7, 11) is 0. The average molecular weight is 436 g/mol. The Kier molecular flexibility index (Phi) is 5.00. The fraction of sp³-hybridized carbons (Fsp3) is 0.0455. The van der Waals surface area contributed by atoms with E-state index >= 15 is 0 Å². The van der Waals surface area contributed by atoms with Crippen LogP contribution in [0.3, 0.4) is 0 Å². The van der Waals surface area contributed by atoms with Crippen molar-refractivity contribution in [2.45, 2.75) is 6.92 Å². The average Bonchev–Trinajstić information content (AvgIpc) is 2.73. The van der Waals surface area contributed by atoms with Crippen molar-refractivity contribution in [2.24, 2.45) is 0 Å². The Morgan fingerprint density at radius 2 is 1.45 bits per heavy atom. The minimum Gasteiger partial charge on any atom is -0.354 e. The number of carbonyl (C=O) groups is 3. The largest absolute Gasteiger partial charge is 0.354 e. The third-order valence-corrected chi connectivity index (χ3v) is 5.13. The number of nitrogens with one attached hydrogen (secondary N) is 2. The van der Waals surface area contributed by atoms with Crippen LogP contribution in [0.4, 0.5) is 22.7 Å². The van der Waals surface area contributed by atoms with Crippen LogP contribution in [0.15, 0.2) is 54.6 Å². The fourth-order valence-electron chi connectivity index (χ4n) is 3.48. The third kappa shape index (κ3) is 3.53. The molecule has 3 aromatic carbocycles. The van der Waals surface area contributed by atoms with E-state index in [1.54, 1.807) is 30.3 Å². The van der Waals surface area contributed by atoms with Crippen molar-refractivity contribution in [1.29, 1.82) is 0 Å². The molecule has 8 nitrogen and oxygen atoms in total. The minimum atomic E-state index is -0.571. The van der Waals surface area contributed by atoms with E-state index in [0.717, 1.165) is 0 Å². The number of nitro benzene ring substituents is 1. The van der Waals surface area contributed by atoms with E-state index in [1.807, 2.05) is 0 Å². The molecule has 0 aromatic heterocycles. The van der Waals surface area contributed by atoms with Gasteiger partial charge < -0.3 is 10.6 Å². The summed E-state index contributed by atoms with van der Waals surface area (Å²) in [5, 5.41) is 16.6. The zero-order valence-electron chi connectivity index (χ0n) is 16.1. The van der Waals surface area contributed by atoms with Gasteiger partial charge in [0, 0.05) is 30.2 Å². The molecule has 0 fully saturated rings. The highest BCUT2D eigenvalue weighted by Gasteiger charge is 2.34. The second-order valence-corrected chi connectivity index (χ2v) is 7.25. The van der Waals surface area contributed by atoms with Crippen molar-refractivity contribution in [3.8, 4) is 0 Å². The molecule has 0 aliphatic heterocycles. The number of ketones is 2. The van der Waals surface area contributed by atoms with Gasteiger partial charge in [0.15, 0.2) is 11.6 Å². The second-order valence-electron chi connectivity index (χ2n) is 6.84. The van der Waals surface area contributed by atoms with Crippen LogP contribution < -0.4 is 10.6 Å². The molecule has 31 heavy (non-hydrogen) atoms. The van der Waals surface area contributed by atoms with Crippen molar-refractivity contribution in [3.63, 3.8) is 0 Å². The number of non-ortho nitro benzene ring substituents is 1. The molecule has 1 aliphatic rings. The molecule has 0 atom stereocenters. The Balaban J connectivity index is 1.88. The van der Waals surface area contributed by atoms with E-state index < -0.39 is 16.5 Å². The fourth-order valence-corrected chi connectivity index (χ4v) is 3.71. The summed E-state index contributed by atoms with van der Waals surface area (Å²) in [6.07, 6.45) is 0. The molecule has 0 radical (unpaired) electrons. The van der Waals surface area contributed by atoms with E-state index in [4.69, 9.17) is 11.6 Å². The number of rotatable bonds is 4. The van der Waals surface area contributed by atoms with Gasteiger partial charge in [0.2, 0.25) is 5.91 Å². The van der Waals surface area contributed by atoms with E-state index in [2.05, 4.69) is 10.6 Å². The maximum atomic E-state index is 13.3. The Morgan fingerprint density at radius 1 is 0.903 bits per heavy atom. The molecule has 0 bridgehead atoms. The number of carbonyl (C=O) groups excluding carboxylic acids is 3. The summed E-state index contributed by atoms with van der Waals surface area (Å²) in [6.45, 7) is 1.30. The van der Waals surface area contributed by atoms with Gasteiger partial charge in [-0.3, -0.25) is 24.5 Å². The highest BCUT2D eigenvalue weighted by atomic mass is 35.5. The Bertz CT molecular complexity index is 1300. The first kappa shape index (κ1) is 20.2. The summed E-state index contributed by atoms with van der Waals surface area (Å²) < 4.78 is 0. The molecule has 0 saturated heterocycles. The molecule has 0 spiro atoms. The van der Waals surface area contributed by atoms with E-state index in [-0.39, 0.29) is 50.2 Å². The molecule has 154 valence electrons. The smallest absolute Gasteiger partial charge is 0.271 e. The van der Waals surface area contributed by atoms with E-state index in [1.165, 1.54) is 31.2 Å². The molecule has 0 unspecified atom stereocenters.